The van der Waals surface area contributed by atoms with Crippen molar-refractivity contribution in [2.45, 2.75) is 32.8 Å². The Labute approximate surface area is 129 Å². The molecular formula is C15H22N4OS. The second-order valence-electron chi connectivity index (χ2n) is 5.69. The molecule has 2 N–H and O–H groups in total. The molecule has 21 heavy (non-hydrogen) atoms. The Kier molecular flexibility index (Phi) is 3.99. The van der Waals surface area contributed by atoms with Crippen molar-refractivity contribution in [2.75, 3.05) is 30.4 Å². The Morgan fingerprint density at radius 1 is 1.48 bits per heavy atom. The SMILES string of the molecule is CCc1cc2c(N3CCC(O)C(C)C3)nc(NC)nc2s1. The van der Waals surface area contributed by atoms with Gasteiger partial charge in [-0.05, 0) is 24.8 Å². The summed E-state index contributed by atoms with van der Waals surface area (Å²) in [6.45, 7) is 5.95. The molecule has 0 aromatic carbocycles. The lowest BCUT2D eigenvalue weighted by atomic mass is 9.96. The fraction of sp³-hybridized carbons (Fsp3) is 0.600. The normalized spacial score (nSPS) is 22.8. The van der Waals surface area contributed by atoms with Crippen molar-refractivity contribution in [1.29, 1.82) is 0 Å². The van der Waals surface area contributed by atoms with Crippen LogP contribution < -0.4 is 10.2 Å². The molecule has 2 atom stereocenters. The van der Waals surface area contributed by atoms with E-state index in [9.17, 15) is 5.11 Å². The van der Waals surface area contributed by atoms with Crippen LogP contribution in [0, 0.1) is 5.92 Å². The molecule has 1 saturated heterocycles. The van der Waals surface area contributed by atoms with Crippen LogP contribution in [-0.2, 0) is 6.42 Å². The van der Waals surface area contributed by atoms with Gasteiger partial charge in [0.2, 0.25) is 5.95 Å². The first-order valence-corrected chi connectivity index (χ1v) is 8.35. The molecule has 0 amide bonds. The minimum absolute atomic E-state index is 0.198. The van der Waals surface area contributed by atoms with Crippen LogP contribution in [0.2, 0.25) is 0 Å². The summed E-state index contributed by atoms with van der Waals surface area (Å²) in [4.78, 5) is 13.9. The van der Waals surface area contributed by atoms with Crippen LogP contribution in [0.1, 0.15) is 25.1 Å². The molecule has 1 aliphatic rings. The lowest BCUT2D eigenvalue weighted by molar-refractivity contribution is 0.0970. The third kappa shape index (κ3) is 2.70. The van der Waals surface area contributed by atoms with E-state index in [1.165, 1.54) is 4.88 Å². The molecule has 5 nitrogen and oxygen atoms in total. The number of aryl methyl sites for hydroxylation is 1. The van der Waals surface area contributed by atoms with Crippen LogP contribution in [0.25, 0.3) is 10.2 Å². The molecule has 3 heterocycles. The van der Waals surface area contributed by atoms with Gasteiger partial charge in [0, 0.05) is 25.0 Å². The third-order valence-corrected chi connectivity index (χ3v) is 5.33. The van der Waals surface area contributed by atoms with E-state index in [4.69, 9.17) is 0 Å². The van der Waals surface area contributed by atoms with Gasteiger partial charge in [-0.2, -0.15) is 4.98 Å². The number of nitrogens with zero attached hydrogens (tertiary/aromatic N) is 3. The number of aromatic nitrogens is 2. The minimum Gasteiger partial charge on any atom is -0.393 e. The van der Waals surface area contributed by atoms with Crippen LogP contribution >= 0.6 is 11.3 Å². The molecule has 6 heteroatoms. The topological polar surface area (TPSA) is 61.3 Å². The smallest absolute Gasteiger partial charge is 0.225 e. The molecule has 2 unspecified atom stereocenters. The van der Waals surface area contributed by atoms with Crippen molar-refractivity contribution in [3.63, 3.8) is 0 Å². The van der Waals surface area contributed by atoms with Gasteiger partial charge in [-0.25, -0.2) is 4.98 Å². The van der Waals surface area contributed by atoms with E-state index in [0.29, 0.717) is 5.95 Å². The van der Waals surface area contributed by atoms with Crippen LogP contribution in [0.15, 0.2) is 6.07 Å². The Hall–Kier alpha value is -1.40. The maximum atomic E-state index is 9.93. The number of thiophene rings is 1. The van der Waals surface area contributed by atoms with E-state index in [-0.39, 0.29) is 12.0 Å². The third-order valence-electron chi connectivity index (χ3n) is 4.16. The van der Waals surface area contributed by atoms with Gasteiger partial charge in [0.1, 0.15) is 10.6 Å². The molecule has 0 radical (unpaired) electrons. The molecule has 0 bridgehead atoms. The molecular weight excluding hydrogens is 284 g/mol. The molecule has 0 aliphatic carbocycles. The van der Waals surface area contributed by atoms with Gasteiger partial charge in [-0.3, -0.25) is 0 Å². The van der Waals surface area contributed by atoms with E-state index in [2.05, 4.69) is 40.1 Å². The zero-order valence-electron chi connectivity index (χ0n) is 12.8. The van der Waals surface area contributed by atoms with Crippen LogP contribution in [0.5, 0.6) is 0 Å². The first kappa shape index (κ1) is 14.5. The van der Waals surface area contributed by atoms with E-state index >= 15 is 0 Å². The quantitative estimate of drug-likeness (QED) is 0.912. The second kappa shape index (κ2) is 5.77. The summed E-state index contributed by atoms with van der Waals surface area (Å²) in [6.07, 6.45) is 1.62. The number of piperidine rings is 1. The van der Waals surface area contributed by atoms with Crippen molar-refractivity contribution < 1.29 is 5.11 Å². The number of aliphatic hydroxyl groups excluding tert-OH is 1. The fourth-order valence-corrected chi connectivity index (χ4v) is 3.77. The number of hydrogen-bond donors (Lipinski definition) is 2. The Bertz CT molecular complexity index is 642. The highest BCUT2D eigenvalue weighted by molar-refractivity contribution is 7.18. The van der Waals surface area contributed by atoms with Gasteiger partial charge >= 0.3 is 0 Å². The Balaban J connectivity index is 2.05. The maximum Gasteiger partial charge on any atom is 0.225 e. The Morgan fingerprint density at radius 3 is 2.95 bits per heavy atom. The monoisotopic (exact) mass is 306 g/mol. The van der Waals surface area contributed by atoms with Crippen molar-refractivity contribution in [3.05, 3.63) is 10.9 Å². The molecule has 114 valence electrons. The van der Waals surface area contributed by atoms with Crippen LogP contribution in [-0.4, -0.2) is 41.3 Å². The molecule has 2 aromatic heterocycles. The number of aliphatic hydroxyl groups is 1. The molecule has 1 fully saturated rings. The van der Waals surface area contributed by atoms with Gasteiger partial charge < -0.3 is 15.3 Å². The van der Waals surface area contributed by atoms with E-state index in [0.717, 1.165) is 42.0 Å². The first-order valence-electron chi connectivity index (χ1n) is 7.53. The number of hydrogen-bond acceptors (Lipinski definition) is 6. The van der Waals surface area contributed by atoms with Crippen molar-refractivity contribution in [3.8, 4) is 0 Å². The summed E-state index contributed by atoms with van der Waals surface area (Å²) in [7, 11) is 1.85. The van der Waals surface area contributed by atoms with Crippen LogP contribution in [0.3, 0.4) is 0 Å². The molecule has 3 rings (SSSR count). The predicted molar refractivity (Wildman–Crippen MR) is 88.3 cm³/mol. The second-order valence-corrected chi connectivity index (χ2v) is 6.80. The maximum absolute atomic E-state index is 9.93. The predicted octanol–water partition coefficient (Wildman–Crippen LogP) is 2.50. The van der Waals surface area contributed by atoms with E-state index in [1.54, 1.807) is 11.3 Å². The van der Waals surface area contributed by atoms with Gasteiger partial charge in [-0.15, -0.1) is 11.3 Å². The highest BCUT2D eigenvalue weighted by Crippen LogP contribution is 2.34. The van der Waals surface area contributed by atoms with Crippen LogP contribution in [0.4, 0.5) is 11.8 Å². The summed E-state index contributed by atoms with van der Waals surface area (Å²) in [5.41, 5.74) is 0. The standard InChI is InChI=1S/C15H22N4OS/c1-4-10-7-11-13(17-15(16-3)18-14(11)21-10)19-6-5-12(20)9(2)8-19/h7,9,12,20H,4-6,8H2,1-3H3,(H,16,17,18). The molecule has 0 spiro atoms. The number of anilines is 2. The molecule has 0 saturated carbocycles. The lowest BCUT2D eigenvalue weighted by Gasteiger charge is -2.35. The number of rotatable bonds is 3. The highest BCUT2D eigenvalue weighted by Gasteiger charge is 2.27. The first-order chi connectivity index (χ1) is 10.1. The fourth-order valence-electron chi connectivity index (χ4n) is 2.81. The highest BCUT2D eigenvalue weighted by atomic mass is 32.1. The van der Waals surface area contributed by atoms with Gasteiger partial charge in [0.25, 0.3) is 0 Å². The summed E-state index contributed by atoms with van der Waals surface area (Å²) in [5.74, 6) is 1.94. The molecule has 2 aromatic rings. The van der Waals surface area contributed by atoms with Gasteiger partial charge in [0.15, 0.2) is 0 Å². The van der Waals surface area contributed by atoms with E-state index in [1.807, 2.05) is 7.05 Å². The average molecular weight is 306 g/mol. The largest absolute Gasteiger partial charge is 0.393 e. The minimum atomic E-state index is -0.198. The number of fused-ring (bicyclic) bond motifs is 1. The van der Waals surface area contributed by atoms with Crippen molar-refractivity contribution >= 4 is 33.3 Å². The zero-order chi connectivity index (χ0) is 15.0. The van der Waals surface area contributed by atoms with Crippen molar-refractivity contribution in [1.82, 2.24) is 9.97 Å². The van der Waals surface area contributed by atoms with Gasteiger partial charge in [-0.1, -0.05) is 13.8 Å². The van der Waals surface area contributed by atoms with Crippen molar-refractivity contribution in [2.24, 2.45) is 5.92 Å². The average Bonchev–Trinajstić information content (AvgIpc) is 2.92. The lowest BCUT2D eigenvalue weighted by Crippen LogP contribution is -2.42. The summed E-state index contributed by atoms with van der Waals surface area (Å²) in [6, 6.07) is 2.21. The Morgan fingerprint density at radius 2 is 2.29 bits per heavy atom. The summed E-state index contributed by atoms with van der Waals surface area (Å²) in [5, 5.41) is 14.1. The zero-order valence-corrected chi connectivity index (χ0v) is 13.6. The summed E-state index contributed by atoms with van der Waals surface area (Å²) >= 11 is 1.74. The molecule has 1 aliphatic heterocycles. The van der Waals surface area contributed by atoms with Gasteiger partial charge in [0.05, 0.1) is 11.5 Å². The number of nitrogens with one attached hydrogen (secondary N) is 1. The van der Waals surface area contributed by atoms with E-state index < -0.39 is 0 Å². The summed E-state index contributed by atoms with van der Waals surface area (Å²) < 4.78 is 0.